The van der Waals surface area contributed by atoms with Crippen molar-refractivity contribution in [2.24, 2.45) is 5.73 Å². The zero-order valence-corrected chi connectivity index (χ0v) is 13.8. The Hall–Kier alpha value is -3.53. The molecule has 0 radical (unpaired) electrons. The zero-order valence-electron chi connectivity index (χ0n) is 13.8. The molecule has 4 nitrogen and oxygen atoms in total. The van der Waals surface area contributed by atoms with Crippen LogP contribution in [0.3, 0.4) is 0 Å². The first-order chi connectivity index (χ1) is 12.9. The number of nitrogens with zero attached hydrogens (tertiary/aromatic N) is 2. The van der Waals surface area contributed by atoms with Crippen LogP contribution in [0.1, 0.15) is 22.6 Å². The van der Waals surface area contributed by atoms with Gasteiger partial charge in [-0.2, -0.15) is 18.4 Å². The van der Waals surface area contributed by atoms with Crippen molar-refractivity contribution in [1.29, 1.82) is 5.26 Å². The average molecular weight is 367 g/mol. The van der Waals surface area contributed by atoms with Gasteiger partial charge in [0.25, 0.3) is 0 Å². The number of fused-ring (bicyclic) bond motifs is 3. The fourth-order valence-corrected chi connectivity index (χ4v) is 3.26. The number of alkyl halides is 3. The lowest BCUT2D eigenvalue weighted by Crippen LogP contribution is -2.21. The third kappa shape index (κ3) is 2.75. The van der Waals surface area contributed by atoms with Gasteiger partial charge < -0.3 is 10.5 Å². The van der Waals surface area contributed by atoms with Gasteiger partial charge in [-0.1, -0.05) is 30.3 Å². The largest absolute Gasteiger partial charge is 0.438 e. The second-order valence-corrected chi connectivity index (χ2v) is 6.10. The van der Waals surface area contributed by atoms with Gasteiger partial charge in [0.1, 0.15) is 17.2 Å². The lowest BCUT2D eigenvalue weighted by Gasteiger charge is -2.27. The van der Waals surface area contributed by atoms with E-state index in [9.17, 15) is 18.4 Å². The van der Waals surface area contributed by atoms with E-state index < -0.39 is 17.7 Å². The van der Waals surface area contributed by atoms with Crippen molar-refractivity contribution in [3.8, 4) is 11.8 Å². The summed E-state index contributed by atoms with van der Waals surface area (Å²) in [4.78, 5) is 4.32. The minimum absolute atomic E-state index is 0.0759. The topological polar surface area (TPSA) is 71.9 Å². The molecule has 0 fully saturated rings. The molecule has 2 N–H and O–H groups in total. The maximum absolute atomic E-state index is 12.9. The molecule has 1 aliphatic heterocycles. The van der Waals surface area contributed by atoms with Gasteiger partial charge in [-0.15, -0.1) is 0 Å². The summed E-state index contributed by atoms with van der Waals surface area (Å²) in [7, 11) is 0. The normalized spacial score (nSPS) is 16.6. The van der Waals surface area contributed by atoms with Gasteiger partial charge in [0.15, 0.2) is 5.75 Å². The van der Waals surface area contributed by atoms with Crippen LogP contribution in [-0.2, 0) is 6.18 Å². The summed E-state index contributed by atoms with van der Waals surface area (Å²) < 4.78 is 44.3. The van der Waals surface area contributed by atoms with Crippen molar-refractivity contribution in [2.45, 2.75) is 12.1 Å². The van der Waals surface area contributed by atoms with Gasteiger partial charge in [0.05, 0.1) is 11.5 Å². The Morgan fingerprint density at radius 1 is 1.07 bits per heavy atom. The van der Waals surface area contributed by atoms with E-state index in [1.54, 1.807) is 18.3 Å². The lowest BCUT2D eigenvalue weighted by atomic mass is 9.83. The Bertz CT molecular complexity index is 1110. The summed E-state index contributed by atoms with van der Waals surface area (Å²) in [6, 6.07) is 14.0. The molecule has 0 aliphatic carbocycles. The van der Waals surface area contributed by atoms with E-state index in [4.69, 9.17) is 10.5 Å². The third-order valence-corrected chi connectivity index (χ3v) is 4.53. The number of nitrogens with two attached hydrogens (primary N) is 1. The number of halogens is 3. The highest BCUT2D eigenvalue weighted by Crippen LogP contribution is 2.45. The maximum Gasteiger partial charge on any atom is 0.416 e. The van der Waals surface area contributed by atoms with E-state index in [1.165, 1.54) is 12.1 Å². The Labute approximate surface area is 152 Å². The van der Waals surface area contributed by atoms with E-state index in [-0.39, 0.29) is 11.5 Å². The summed E-state index contributed by atoms with van der Waals surface area (Å²) >= 11 is 0. The quantitative estimate of drug-likeness (QED) is 0.689. The van der Waals surface area contributed by atoms with Crippen molar-refractivity contribution < 1.29 is 17.9 Å². The van der Waals surface area contributed by atoms with Crippen LogP contribution in [-0.4, -0.2) is 4.98 Å². The number of nitriles is 1. The molecule has 0 saturated carbocycles. The predicted octanol–water partition coefficient (Wildman–Crippen LogP) is 4.47. The van der Waals surface area contributed by atoms with Gasteiger partial charge in [-0.3, -0.25) is 4.98 Å². The van der Waals surface area contributed by atoms with Crippen LogP contribution in [0.2, 0.25) is 0 Å². The predicted molar refractivity (Wildman–Crippen MR) is 92.5 cm³/mol. The highest BCUT2D eigenvalue weighted by atomic mass is 19.4. The highest BCUT2D eigenvalue weighted by Gasteiger charge is 2.34. The van der Waals surface area contributed by atoms with Crippen molar-refractivity contribution in [3.63, 3.8) is 0 Å². The minimum atomic E-state index is -4.43. The van der Waals surface area contributed by atoms with E-state index in [0.717, 1.165) is 17.5 Å². The monoisotopic (exact) mass is 367 g/mol. The van der Waals surface area contributed by atoms with Crippen LogP contribution in [0.15, 0.2) is 66.2 Å². The zero-order chi connectivity index (χ0) is 19.2. The van der Waals surface area contributed by atoms with Crippen LogP contribution < -0.4 is 10.5 Å². The summed E-state index contributed by atoms with van der Waals surface area (Å²) in [5.74, 6) is -0.296. The highest BCUT2D eigenvalue weighted by molar-refractivity contribution is 5.87. The Morgan fingerprint density at radius 2 is 1.81 bits per heavy atom. The molecule has 2 heterocycles. The van der Waals surface area contributed by atoms with E-state index in [1.807, 2.05) is 18.2 Å². The van der Waals surface area contributed by atoms with Crippen LogP contribution >= 0.6 is 0 Å². The summed E-state index contributed by atoms with van der Waals surface area (Å²) in [6.45, 7) is 0. The summed E-state index contributed by atoms with van der Waals surface area (Å²) in [5.41, 5.74) is 7.07. The number of pyridine rings is 1. The number of hydrogen-bond donors (Lipinski definition) is 1. The maximum atomic E-state index is 12.9. The van der Waals surface area contributed by atoms with Gasteiger partial charge in [0, 0.05) is 17.1 Å². The molecule has 0 amide bonds. The van der Waals surface area contributed by atoms with Crippen molar-refractivity contribution >= 4 is 10.9 Å². The van der Waals surface area contributed by atoms with Crippen LogP contribution in [0, 0.1) is 11.3 Å². The van der Waals surface area contributed by atoms with E-state index in [0.29, 0.717) is 22.4 Å². The number of rotatable bonds is 1. The fourth-order valence-electron chi connectivity index (χ4n) is 3.26. The first-order valence-electron chi connectivity index (χ1n) is 8.02. The summed E-state index contributed by atoms with van der Waals surface area (Å²) in [5, 5.41) is 10.4. The van der Waals surface area contributed by atoms with E-state index >= 15 is 0 Å². The smallest absolute Gasteiger partial charge is 0.416 e. The molecule has 4 rings (SSSR count). The SMILES string of the molecule is N#CC1=C(N)Oc2c(ccc3cccnc23)C1c1ccc(C(F)(F)F)cc1. The first-order valence-corrected chi connectivity index (χ1v) is 8.02. The molecule has 1 aromatic heterocycles. The van der Waals surface area contributed by atoms with Crippen LogP contribution in [0.25, 0.3) is 10.9 Å². The number of allylic oxidation sites excluding steroid dienone is 1. The van der Waals surface area contributed by atoms with Gasteiger partial charge >= 0.3 is 6.18 Å². The van der Waals surface area contributed by atoms with Crippen LogP contribution in [0.5, 0.6) is 5.75 Å². The molecular weight excluding hydrogens is 355 g/mol. The molecular formula is C20H12F3N3O. The molecule has 27 heavy (non-hydrogen) atoms. The minimum Gasteiger partial charge on any atom is -0.438 e. The van der Waals surface area contributed by atoms with E-state index in [2.05, 4.69) is 4.98 Å². The molecule has 2 aromatic carbocycles. The van der Waals surface area contributed by atoms with Gasteiger partial charge in [-0.25, -0.2) is 0 Å². The molecule has 1 atom stereocenters. The molecule has 7 heteroatoms. The molecule has 0 saturated heterocycles. The molecule has 0 spiro atoms. The third-order valence-electron chi connectivity index (χ3n) is 4.53. The van der Waals surface area contributed by atoms with Crippen molar-refractivity contribution in [3.05, 3.63) is 82.9 Å². The Morgan fingerprint density at radius 3 is 2.48 bits per heavy atom. The van der Waals surface area contributed by atoms with Gasteiger partial charge in [-0.05, 0) is 23.8 Å². The Balaban J connectivity index is 1.92. The number of aromatic nitrogens is 1. The summed E-state index contributed by atoms with van der Waals surface area (Å²) in [6.07, 6.45) is -2.82. The van der Waals surface area contributed by atoms with Gasteiger partial charge in [0.2, 0.25) is 5.88 Å². The van der Waals surface area contributed by atoms with Crippen LogP contribution in [0.4, 0.5) is 13.2 Å². The lowest BCUT2D eigenvalue weighted by molar-refractivity contribution is -0.137. The number of benzene rings is 2. The average Bonchev–Trinajstić information content (AvgIpc) is 2.66. The fraction of sp³-hybridized carbons (Fsp3) is 0.100. The second-order valence-electron chi connectivity index (χ2n) is 6.10. The first kappa shape index (κ1) is 16.9. The molecule has 0 bridgehead atoms. The standard InChI is InChI=1S/C20H12F3N3O/c21-20(22,23)13-6-3-11(4-7-13)16-14-8-5-12-2-1-9-26-17(12)18(14)27-19(25)15(16)10-24/h1-9,16H,25H2. The number of hydrogen-bond acceptors (Lipinski definition) is 4. The molecule has 1 aliphatic rings. The molecule has 1 unspecified atom stereocenters. The Kier molecular flexibility index (Phi) is 3.77. The number of ether oxygens (including phenoxy) is 1. The van der Waals surface area contributed by atoms with Crippen molar-refractivity contribution in [2.75, 3.05) is 0 Å². The molecule has 3 aromatic rings. The second kappa shape index (κ2) is 6.02. The molecule has 134 valence electrons. The van der Waals surface area contributed by atoms with Crippen molar-refractivity contribution in [1.82, 2.24) is 4.98 Å².